The van der Waals surface area contributed by atoms with Gasteiger partial charge in [-0.1, -0.05) is 24.3 Å². The largest absolute Gasteiger partial charge is 0.462 e. The number of hydrogen-bond acceptors (Lipinski definition) is 5. The number of nitriles is 1. The predicted molar refractivity (Wildman–Crippen MR) is 90.7 cm³/mol. The number of para-hydroxylation sites is 2. The average molecular weight is 323 g/mol. The number of nitrogens with zero attached hydrogens (tertiary/aromatic N) is 1. The van der Waals surface area contributed by atoms with Gasteiger partial charge in [0.15, 0.2) is 0 Å². The van der Waals surface area contributed by atoms with Gasteiger partial charge in [-0.2, -0.15) is 5.26 Å². The number of rotatable bonds is 6. The Morgan fingerprint density at radius 3 is 2.46 bits per heavy atom. The first-order valence-corrected chi connectivity index (χ1v) is 7.44. The van der Waals surface area contributed by atoms with Gasteiger partial charge in [-0.25, -0.2) is 4.79 Å². The van der Waals surface area contributed by atoms with E-state index in [1.807, 2.05) is 6.07 Å². The molecule has 0 aliphatic heterocycles. The van der Waals surface area contributed by atoms with Crippen molar-refractivity contribution in [1.82, 2.24) is 0 Å². The summed E-state index contributed by atoms with van der Waals surface area (Å²) in [4.78, 5) is 23.9. The molecule has 0 unspecified atom stereocenters. The van der Waals surface area contributed by atoms with Gasteiger partial charge in [0.05, 0.1) is 30.0 Å². The molecule has 2 N–H and O–H groups in total. The molecular weight excluding hydrogens is 306 g/mol. The van der Waals surface area contributed by atoms with Crippen LogP contribution in [0.2, 0.25) is 0 Å². The quantitative estimate of drug-likeness (QED) is 0.798. The van der Waals surface area contributed by atoms with Crippen LogP contribution in [-0.2, 0) is 9.53 Å². The molecule has 122 valence electrons. The average Bonchev–Trinajstić information content (AvgIpc) is 2.61. The van der Waals surface area contributed by atoms with Gasteiger partial charge >= 0.3 is 5.97 Å². The fourth-order valence-electron chi connectivity index (χ4n) is 2.08. The second-order valence-electron chi connectivity index (χ2n) is 4.83. The number of benzene rings is 2. The van der Waals surface area contributed by atoms with Crippen LogP contribution < -0.4 is 10.6 Å². The zero-order valence-corrected chi connectivity index (χ0v) is 13.2. The van der Waals surface area contributed by atoms with Crippen molar-refractivity contribution >= 4 is 23.3 Å². The normalized spacial score (nSPS) is 9.67. The van der Waals surface area contributed by atoms with Crippen LogP contribution in [0.1, 0.15) is 22.8 Å². The summed E-state index contributed by atoms with van der Waals surface area (Å²) in [6.07, 6.45) is 0. The molecule has 0 spiro atoms. The lowest BCUT2D eigenvalue weighted by atomic mass is 10.1. The first-order chi connectivity index (χ1) is 11.7. The highest BCUT2D eigenvalue weighted by Crippen LogP contribution is 2.17. The Balaban J connectivity index is 2.02. The number of esters is 1. The molecule has 0 saturated heterocycles. The summed E-state index contributed by atoms with van der Waals surface area (Å²) in [7, 11) is 0. The molecule has 2 rings (SSSR count). The van der Waals surface area contributed by atoms with Crippen molar-refractivity contribution < 1.29 is 14.3 Å². The molecule has 0 bridgehead atoms. The zero-order chi connectivity index (χ0) is 17.4. The molecule has 6 heteroatoms. The first kappa shape index (κ1) is 17.0. The highest BCUT2D eigenvalue weighted by atomic mass is 16.5. The van der Waals surface area contributed by atoms with E-state index in [-0.39, 0.29) is 19.1 Å². The van der Waals surface area contributed by atoms with Crippen molar-refractivity contribution in [2.24, 2.45) is 0 Å². The Hall–Kier alpha value is -3.33. The van der Waals surface area contributed by atoms with E-state index in [2.05, 4.69) is 10.6 Å². The van der Waals surface area contributed by atoms with Crippen LogP contribution in [0, 0.1) is 11.3 Å². The molecule has 6 nitrogen and oxygen atoms in total. The van der Waals surface area contributed by atoms with Gasteiger partial charge in [0.1, 0.15) is 6.07 Å². The summed E-state index contributed by atoms with van der Waals surface area (Å²) in [5.74, 6) is -0.771. The summed E-state index contributed by atoms with van der Waals surface area (Å²) in [6, 6.07) is 15.6. The Morgan fingerprint density at radius 2 is 1.75 bits per heavy atom. The molecule has 0 aromatic heterocycles. The van der Waals surface area contributed by atoms with Gasteiger partial charge in [-0.15, -0.1) is 0 Å². The van der Waals surface area contributed by atoms with Gasteiger partial charge in [0.25, 0.3) is 0 Å². The molecule has 0 aliphatic carbocycles. The van der Waals surface area contributed by atoms with E-state index in [4.69, 9.17) is 10.00 Å². The topological polar surface area (TPSA) is 91.2 Å². The van der Waals surface area contributed by atoms with E-state index in [0.29, 0.717) is 22.5 Å². The lowest BCUT2D eigenvalue weighted by Crippen LogP contribution is -2.23. The molecule has 2 aromatic rings. The third kappa shape index (κ3) is 4.34. The molecule has 0 radical (unpaired) electrons. The second kappa shape index (κ2) is 8.34. The van der Waals surface area contributed by atoms with E-state index >= 15 is 0 Å². The minimum Gasteiger partial charge on any atom is -0.462 e. The van der Waals surface area contributed by atoms with Crippen LogP contribution in [0.25, 0.3) is 0 Å². The molecule has 2 aromatic carbocycles. The van der Waals surface area contributed by atoms with Crippen LogP contribution >= 0.6 is 0 Å². The molecule has 0 aliphatic rings. The highest BCUT2D eigenvalue weighted by molar-refractivity contribution is 5.98. The van der Waals surface area contributed by atoms with Gasteiger partial charge in [-0.05, 0) is 31.2 Å². The number of amides is 1. The molecular formula is C18H17N3O3. The fourth-order valence-corrected chi connectivity index (χ4v) is 2.08. The Labute approximate surface area is 140 Å². The summed E-state index contributed by atoms with van der Waals surface area (Å²) in [6.45, 7) is 1.96. The number of nitrogens with one attached hydrogen (secondary N) is 2. The van der Waals surface area contributed by atoms with Crippen molar-refractivity contribution in [3.8, 4) is 6.07 Å². The van der Waals surface area contributed by atoms with Gasteiger partial charge in [-0.3, -0.25) is 4.79 Å². The SMILES string of the molecule is CCOC(=O)c1ccccc1NCC(=O)Nc1ccccc1C#N. The summed E-state index contributed by atoms with van der Waals surface area (Å²) in [5, 5.41) is 14.6. The molecule has 0 heterocycles. The van der Waals surface area contributed by atoms with Crippen LogP contribution in [0.5, 0.6) is 0 Å². The molecule has 24 heavy (non-hydrogen) atoms. The minimum absolute atomic E-state index is 0.0455. The molecule has 1 amide bonds. The highest BCUT2D eigenvalue weighted by Gasteiger charge is 2.13. The van der Waals surface area contributed by atoms with E-state index < -0.39 is 5.97 Å². The lowest BCUT2D eigenvalue weighted by molar-refractivity contribution is -0.114. The maximum absolute atomic E-state index is 12.1. The summed E-state index contributed by atoms with van der Waals surface area (Å²) < 4.78 is 4.99. The zero-order valence-electron chi connectivity index (χ0n) is 13.2. The van der Waals surface area contributed by atoms with E-state index in [0.717, 1.165) is 0 Å². The fraction of sp³-hybridized carbons (Fsp3) is 0.167. The lowest BCUT2D eigenvalue weighted by Gasteiger charge is -2.12. The number of carbonyl (C=O) groups excluding carboxylic acids is 2. The van der Waals surface area contributed by atoms with Crippen LogP contribution in [0.4, 0.5) is 11.4 Å². The molecule has 0 saturated carbocycles. The van der Waals surface area contributed by atoms with Crippen molar-refractivity contribution in [3.63, 3.8) is 0 Å². The maximum Gasteiger partial charge on any atom is 0.340 e. The molecule has 0 fully saturated rings. The van der Waals surface area contributed by atoms with Crippen LogP contribution in [0.3, 0.4) is 0 Å². The number of carbonyl (C=O) groups is 2. The van der Waals surface area contributed by atoms with Crippen LogP contribution in [-0.4, -0.2) is 25.0 Å². The number of hydrogen-bond donors (Lipinski definition) is 2. The van der Waals surface area contributed by atoms with Gasteiger partial charge in [0.2, 0.25) is 5.91 Å². The van der Waals surface area contributed by atoms with Crippen LogP contribution in [0.15, 0.2) is 48.5 Å². The van der Waals surface area contributed by atoms with Crippen molar-refractivity contribution in [3.05, 3.63) is 59.7 Å². The molecule has 0 atom stereocenters. The summed E-state index contributed by atoms with van der Waals surface area (Å²) in [5.41, 5.74) is 1.72. The monoisotopic (exact) mass is 323 g/mol. The maximum atomic E-state index is 12.1. The second-order valence-corrected chi connectivity index (χ2v) is 4.83. The first-order valence-electron chi connectivity index (χ1n) is 7.44. The van der Waals surface area contributed by atoms with Crippen molar-refractivity contribution in [2.75, 3.05) is 23.8 Å². The summed E-state index contributed by atoms with van der Waals surface area (Å²) >= 11 is 0. The number of anilines is 2. The third-order valence-electron chi connectivity index (χ3n) is 3.18. The third-order valence-corrected chi connectivity index (χ3v) is 3.18. The minimum atomic E-state index is -0.448. The Morgan fingerprint density at radius 1 is 1.08 bits per heavy atom. The van der Waals surface area contributed by atoms with E-state index in [9.17, 15) is 9.59 Å². The predicted octanol–water partition coefficient (Wildman–Crippen LogP) is 2.79. The standard InChI is InChI=1S/C18H17N3O3/c1-2-24-18(23)14-8-4-6-10-16(14)20-12-17(22)21-15-9-5-3-7-13(15)11-19/h3-10,20H,2,12H2,1H3,(H,21,22). The Kier molecular flexibility index (Phi) is 5.92. The van der Waals surface area contributed by atoms with Crippen molar-refractivity contribution in [1.29, 1.82) is 5.26 Å². The van der Waals surface area contributed by atoms with E-state index in [1.165, 1.54) is 0 Å². The van der Waals surface area contributed by atoms with Crippen molar-refractivity contribution in [2.45, 2.75) is 6.92 Å². The van der Waals surface area contributed by atoms with Gasteiger partial charge < -0.3 is 15.4 Å². The van der Waals surface area contributed by atoms with Gasteiger partial charge in [0, 0.05) is 5.69 Å². The van der Waals surface area contributed by atoms with E-state index in [1.54, 1.807) is 55.5 Å². The number of ether oxygens (including phenoxy) is 1. The smallest absolute Gasteiger partial charge is 0.340 e. The Bertz CT molecular complexity index is 781.